The molecule has 1 saturated heterocycles. The molecule has 2 aromatic rings. The van der Waals surface area contributed by atoms with Gasteiger partial charge >= 0.3 is 0 Å². The Labute approximate surface area is 142 Å². The highest BCUT2D eigenvalue weighted by atomic mass is 16.2. The molecule has 130 valence electrons. The van der Waals surface area contributed by atoms with E-state index in [1.807, 2.05) is 18.7 Å². The maximum atomic E-state index is 12.7. The van der Waals surface area contributed by atoms with Crippen LogP contribution < -0.4 is 5.73 Å². The van der Waals surface area contributed by atoms with Crippen LogP contribution in [0.15, 0.2) is 6.33 Å². The zero-order chi connectivity index (χ0) is 17.3. The van der Waals surface area contributed by atoms with Crippen LogP contribution in [0.5, 0.6) is 0 Å². The van der Waals surface area contributed by atoms with E-state index in [0.717, 1.165) is 36.3 Å². The SMILES string of the molecule is Cc1nc2ncnn2c(C)c1CCC(=O)N1CCC(C)CC1CN. The van der Waals surface area contributed by atoms with E-state index < -0.39 is 0 Å². The number of hydrogen-bond acceptors (Lipinski definition) is 5. The number of amides is 1. The van der Waals surface area contributed by atoms with Crippen molar-refractivity contribution in [3.05, 3.63) is 23.3 Å². The molecule has 1 aliphatic rings. The molecule has 24 heavy (non-hydrogen) atoms. The highest BCUT2D eigenvalue weighted by molar-refractivity contribution is 5.77. The van der Waals surface area contributed by atoms with Crippen molar-refractivity contribution in [1.82, 2.24) is 24.5 Å². The van der Waals surface area contributed by atoms with Gasteiger partial charge < -0.3 is 10.6 Å². The summed E-state index contributed by atoms with van der Waals surface area (Å²) in [7, 11) is 0. The first-order valence-electron chi connectivity index (χ1n) is 8.66. The number of nitrogens with two attached hydrogens (primary N) is 1. The molecule has 0 spiro atoms. The van der Waals surface area contributed by atoms with E-state index in [1.54, 1.807) is 4.52 Å². The molecule has 1 aliphatic heterocycles. The molecule has 0 bridgehead atoms. The molecule has 0 saturated carbocycles. The minimum atomic E-state index is 0.180. The lowest BCUT2D eigenvalue weighted by Gasteiger charge is -2.38. The number of carbonyl (C=O) groups is 1. The first-order valence-corrected chi connectivity index (χ1v) is 8.66. The van der Waals surface area contributed by atoms with E-state index in [1.165, 1.54) is 6.33 Å². The van der Waals surface area contributed by atoms with Crippen LogP contribution in [0.3, 0.4) is 0 Å². The maximum absolute atomic E-state index is 12.7. The first-order chi connectivity index (χ1) is 11.5. The Morgan fingerprint density at radius 3 is 2.96 bits per heavy atom. The summed E-state index contributed by atoms with van der Waals surface area (Å²) in [5.74, 6) is 1.44. The molecule has 1 amide bonds. The van der Waals surface area contributed by atoms with E-state index in [4.69, 9.17) is 5.73 Å². The van der Waals surface area contributed by atoms with Crippen molar-refractivity contribution in [2.24, 2.45) is 11.7 Å². The lowest BCUT2D eigenvalue weighted by Crippen LogP contribution is -2.49. The smallest absolute Gasteiger partial charge is 0.252 e. The van der Waals surface area contributed by atoms with E-state index >= 15 is 0 Å². The molecule has 3 heterocycles. The van der Waals surface area contributed by atoms with Gasteiger partial charge in [-0.15, -0.1) is 0 Å². The topological polar surface area (TPSA) is 89.4 Å². The molecule has 2 aromatic heterocycles. The van der Waals surface area contributed by atoms with Crippen molar-refractivity contribution in [2.75, 3.05) is 13.1 Å². The van der Waals surface area contributed by atoms with Crippen LogP contribution in [0.2, 0.25) is 0 Å². The molecule has 2 atom stereocenters. The lowest BCUT2D eigenvalue weighted by atomic mass is 9.92. The molecule has 7 heteroatoms. The van der Waals surface area contributed by atoms with Gasteiger partial charge in [0.25, 0.3) is 5.78 Å². The Kier molecular flexibility index (Phi) is 4.80. The summed E-state index contributed by atoms with van der Waals surface area (Å²) in [6.07, 6.45) is 4.72. The molecular weight excluding hydrogens is 304 g/mol. The van der Waals surface area contributed by atoms with Gasteiger partial charge in [-0.05, 0) is 44.6 Å². The first kappa shape index (κ1) is 16.8. The molecule has 0 aliphatic carbocycles. The Morgan fingerprint density at radius 1 is 1.42 bits per heavy atom. The average molecular weight is 330 g/mol. The van der Waals surface area contributed by atoms with Gasteiger partial charge in [0.2, 0.25) is 5.91 Å². The van der Waals surface area contributed by atoms with Crippen molar-refractivity contribution >= 4 is 11.7 Å². The number of piperidine rings is 1. The summed E-state index contributed by atoms with van der Waals surface area (Å²) in [5.41, 5.74) is 8.88. The number of fused-ring (bicyclic) bond motifs is 1. The molecular formula is C17H26N6O. The predicted molar refractivity (Wildman–Crippen MR) is 91.5 cm³/mol. The van der Waals surface area contributed by atoms with Crippen LogP contribution in [0, 0.1) is 19.8 Å². The third-order valence-electron chi connectivity index (χ3n) is 5.15. The van der Waals surface area contributed by atoms with Gasteiger partial charge in [-0.3, -0.25) is 4.79 Å². The Morgan fingerprint density at radius 2 is 2.21 bits per heavy atom. The summed E-state index contributed by atoms with van der Waals surface area (Å²) in [5, 5.41) is 4.20. The zero-order valence-corrected chi connectivity index (χ0v) is 14.7. The van der Waals surface area contributed by atoms with Gasteiger partial charge in [0.15, 0.2) is 0 Å². The van der Waals surface area contributed by atoms with Gasteiger partial charge in [-0.2, -0.15) is 10.1 Å². The second kappa shape index (κ2) is 6.84. The number of aryl methyl sites for hydroxylation is 2. The summed E-state index contributed by atoms with van der Waals surface area (Å²) in [6, 6.07) is 0.180. The minimum absolute atomic E-state index is 0.180. The third-order valence-corrected chi connectivity index (χ3v) is 5.15. The average Bonchev–Trinajstić information content (AvgIpc) is 3.02. The molecule has 0 aromatic carbocycles. The Balaban J connectivity index is 1.72. The molecule has 2 unspecified atom stereocenters. The number of hydrogen-bond donors (Lipinski definition) is 1. The fourth-order valence-corrected chi connectivity index (χ4v) is 3.70. The number of rotatable bonds is 4. The van der Waals surface area contributed by atoms with Crippen molar-refractivity contribution in [3.63, 3.8) is 0 Å². The number of likely N-dealkylation sites (tertiary alicyclic amines) is 1. The normalized spacial score (nSPS) is 21.4. The maximum Gasteiger partial charge on any atom is 0.252 e. The summed E-state index contributed by atoms with van der Waals surface area (Å²) in [6.45, 7) is 7.56. The zero-order valence-electron chi connectivity index (χ0n) is 14.7. The minimum Gasteiger partial charge on any atom is -0.338 e. The van der Waals surface area contributed by atoms with Gasteiger partial charge in [-0.1, -0.05) is 6.92 Å². The summed E-state index contributed by atoms with van der Waals surface area (Å²) < 4.78 is 1.73. The van der Waals surface area contributed by atoms with Gasteiger partial charge in [0, 0.05) is 36.9 Å². The Bertz CT molecular complexity index is 740. The van der Waals surface area contributed by atoms with E-state index in [0.29, 0.717) is 31.1 Å². The second-order valence-electron chi connectivity index (χ2n) is 6.84. The fourth-order valence-electron chi connectivity index (χ4n) is 3.70. The van der Waals surface area contributed by atoms with Crippen LogP contribution in [-0.4, -0.2) is 49.5 Å². The van der Waals surface area contributed by atoms with E-state index in [9.17, 15) is 4.79 Å². The molecule has 7 nitrogen and oxygen atoms in total. The van der Waals surface area contributed by atoms with Crippen LogP contribution in [0.1, 0.15) is 43.1 Å². The summed E-state index contributed by atoms with van der Waals surface area (Å²) in [4.78, 5) is 23.3. The van der Waals surface area contributed by atoms with Crippen molar-refractivity contribution in [1.29, 1.82) is 0 Å². The van der Waals surface area contributed by atoms with Gasteiger partial charge in [0.1, 0.15) is 6.33 Å². The molecule has 0 radical (unpaired) electrons. The standard InChI is InChI=1S/C17H26N6O/c1-11-6-7-22(14(8-11)9-18)16(24)5-4-15-12(2)21-17-19-10-20-23(17)13(15)3/h10-11,14H,4-9,18H2,1-3H3. The largest absolute Gasteiger partial charge is 0.338 e. The van der Waals surface area contributed by atoms with E-state index in [-0.39, 0.29) is 11.9 Å². The van der Waals surface area contributed by atoms with E-state index in [2.05, 4.69) is 22.0 Å². The lowest BCUT2D eigenvalue weighted by molar-refractivity contribution is -0.135. The number of aromatic nitrogens is 4. The molecule has 1 fully saturated rings. The van der Waals surface area contributed by atoms with Crippen molar-refractivity contribution in [3.8, 4) is 0 Å². The van der Waals surface area contributed by atoms with Crippen LogP contribution >= 0.6 is 0 Å². The highest BCUT2D eigenvalue weighted by Crippen LogP contribution is 2.23. The van der Waals surface area contributed by atoms with Crippen LogP contribution in [-0.2, 0) is 11.2 Å². The highest BCUT2D eigenvalue weighted by Gasteiger charge is 2.28. The van der Waals surface area contributed by atoms with Gasteiger partial charge in [-0.25, -0.2) is 9.50 Å². The van der Waals surface area contributed by atoms with Gasteiger partial charge in [0.05, 0.1) is 0 Å². The number of carbonyl (C=O) groups excluding carboxylic acids is 1. The Hall–Kier alpha value is -2.02. The summed E-state index contributed by atoms with van der Waals surface area (Å²) >= 11 is 0. The van der Waals surface area contributed by atoms with Crippen molar-refractivity contribution in [2.45, 2.75) is 52.5 Å². The molecule has 2 N–H and O–H groups in total. The van der Waals surface area contributed by atoms with Crippen molar-refractivity contribution < 1.29 is 4.79 Å². The second-order valence-corrected chi connectivity index (χ2v) is 6.84. The fraction of sp³-hybridized carbons (Fsp3) is 0.647. The third kappa shape index (κ3) is 3.13. The number of nitrogens with zero attached hydrogens (tertiary/aromatic N) is 5. The quantitative estimate of drug-likeness (QED) is 0.911. The van der Waals surface area contributed by atoms with Crippen LogP contribution in [0.4, 0.5) is 0 Å². The molecule has 3 rings (SSSR count). The predicted octanol–water partition coefficient (Wildman–Crippen LogP) is 1.26. The van der Waals surface area contributed by atoms with Crippen LogP contribution in [0.25, 0.3) is 5.78 Å². The monoisotopic (exact) mass is 330 g/mol.